The minimum absolute atomic E-state index is 0.194. The fraction of sp³-hybridized carbons (Fsp3) is 0.250. The van der Waals surface area contributed by atoms with E-state index in [2.05, 4.69) is 20.2 Å². The molecule has 1 N–H and O–H groups in total. The van der Waals surface area contributed by atoms with Crippen LogP contribution in [0.15, 0.2) is 47.1 Å². The van der Waals surface area contributed by atoms with Gasteiger partial charge < -0.3 is 19.3 Å². The Morgan fingerprint density at radius 3 is 2.60 bits per heavy atom. The molecule has 0 atom stereocenters. The number of carbonyl (C=O) groups is 1. The van der Waals surface area contributed by atoms with Crippen molar-refractivity contribution in [3.63, 3.8) is 0 Å². The zero-order chi connectivity index (χ0) is 21.7. The average molecular weight is 421 g/mol. The van der Waals surface area contributed by atoms with E-state index >= 15 is 0 Å². The van der Waals surface area contributed by atoms with E-state index in [1.807, 2.05) is 6.92 Å². The Balaban J connectivity index is 1.59. The molecule has 0 aliphatic heterocycles. The molecule has 0 radical (unpaired) electrons. The number of ether oxygens (including phenoxy) is 2. The number of anilines is 1. The normalized spacial score (nSPS) is 11.2. The molecule has 0 aliphatic carbocycles. The third-order valence-corrected chi connectivity index (χ3v) is 4.04. The number of pyridine rings is 1. The lowest BCUT2D eigenvalue weighted by atomic mass is 10.2. The van der Waals surface area contributed by atoms with Gasteiger partial charge in [0, 0.05) is 11.6 Å². The number of hydrogen-bond donors (Lipinski definition) is 1. The molecule has 30 heavy (non-hydrogen) atoms. The number of nitrogens with zero attached hydrogens (tertiary/aromatic N) is 2. The average Bonchev–Trinajstić information content (AvgIpc) is 3.03. The maximum absolute atomic E-state index is 12.5. The summed E-state index contributed by atoms with van der Waals surface area (Å²) in [5.74, 6) is 0.525. The monoisotopic (exact) mass is 421 g/mol. The summed E-state index contributed by atoms with van der Waals surface area (Å²) in [7, 11) is 0. The maximum Gasteiger partial charge on any atom is 0.422 e. The van der Waals surface area contributed by atoms with E-state index in [-0.39, 0.29) is 12.5 Å². The summed E-state index contributed by atoms with van der Waals surface area (Å²) in [6, 6.07) is 9.19. The SMILES string of the molecule is Cc1noc(C)c1COc1cccc(C(=O)Nc2ccc(OCC(F)(F)F)nc2)c1. The number of amides is 1. The summed E-state index contributed by atoms with van der Waals surface area (Å²) in [6.45, 7) is 2.41. The van der Waals surface area contributed by atoms with E-state index in [4.69, 9.17) is 9.26 Å². The molecule has 0 bridgehead atoms. The third kappa shape index (κ3) is 5.72. The number of carbonyl (C=O) groups excluding carboxylic acids is 1. The zero-order valence-electron chi connectivity index (χ0n) is 16.1. The summed E-state index contributed by atoms with van der Waals surface area (Å²) in [4.78, 5) is 16.2. The van der Waals surface area contributed by atoms with Crippen molar-refractivity contribution < 1.29 is 32.0 Å². The van der Waals surface area contributed by atoms with Gasteiger partial charge in [0.15, 0.2) is 6.61 Å². The first-order valence-electron chi connectivity index (χ1n) is 8.83. The molecule has 0 saturated carbocycles. The van der Waals surface area contributed by atoms with Crippen molar-refractivity contribution in [3.8, 4) is 11.6 Å². The number of benzene rings is 1. The van der Waals surface area contributed by atoms with Crippen LogP contribution in [0.4, 0.5) is 18.9 Å². The van der Waals surface area contributed by atoms with Gasteiger partial charge in [-0.3, -0.25) is 4.79 Å². The van der Waals surface area contributed by atoms with E-state index in [0.29, 0.717) is 22.8 Å². The van der Waals surface area contributed by atoms with Crippen LogP contribution in [0.25, 0.3) is 0 Å². The molecule has 2 aromatic heterocycles. The molecule has 0 saturated heterocycles. The predicted octanol–water partition coefficient (Wildman–Crippen LogP) is 4.46. The fourth-order valence-electron chi connectivity index (χ4n) is 2.49. The van der Waals surface area contributed by atoms with Gasteiger partial charge in [-0.25, -0.2) is 4.98 Å². The molecule has 3 aromatic rings. The van der Waals surface area contributed by atoms with Crippen molar-refractivity contribution in [2.75, 3.05) is 11.9 Å². The van der Waals surface area contributed by atoms with Crippen molar-refractivity contribution in [1.82, 2.24) is 10.1 Å². The summed E-state index contributed by atoms with van der Waals surface area (Å²) in [6.07, 6.45) is -3.24. The Bertz CT molecular complexity index is 997. The summed E-state index contributed by atoms with van der Waals surface area (Å²) in [5.41, 5.74) is 2.21. The van der Waals surface area contributed by atoms with Gasteiger partial charge >= 0.3 is 6.18 Å². The van der Waals surface area contributed by atoms with Gasteiger partial charge in [0.2, 0.25) is 5.88 Å². The largest absolute Gasteiger partial charge is 0.489 e. The van der Waals surface area contributed by atoms with Crippen molar-refractivity contribution >= 4 is 11.6 Å². The molecule has 0 spiro atoms. The van der Waals surface area contributed by atoms with E-state index in [1.165, 1.54) is 18.3 Å². The lowest BCUT2D eigenvalue weighted by Gasteiger charge is -2.10. The second-order valence-electron chi connectivity index (χ2n) is 6.36. The zero-order valence-corrected chi connectivity index (χ0v) is 16.1. The topological polar surface area (TPSA) is 86.5 Å². The molecule has 0 fully saturated rings. The van der Waals surface area contributed by atoms with Crippen LogP contribution in [0.2, 0.25) is 0 Å². The van der Waals surface area contributed by atoms with E-state index < -0.39 is 18.7 Å². The Kier molecular flexibility index (Phi) is 6.24. The van der Waals surface area contributed by atoms with Gasteiger partial charge in [0.25, 0.3) is 5.91 Å². The van der Waals surface area contributed by atoms with Gasteiger partial charge in [-0.2, -0.15) is 13.2 Å². The maximum atomic E-state index is 12.5. The highest BCUT2D eigenvalue weighted by atomic mass is 19.4. The predicted molar refractivity (Wildman–Crippen MR) is 100 cm³/mol. The molecule has 3 rings (SSSR count). The van der Waals surface area contributed by atoms with Gasteiger partial charge in [-0.05, 0) is 38.1 Å². The van der Waals surface area contributed by atoms with Crippen molar-refractivity contribution in [2.45, 2.75) is 26.6 Å². The van der Waals surface area contributed by atoms with Crippen LogP contribution < -0.4 is 14.8 Å². The van der Waals surface area contributed by atoms with Crippen LogP contribution >= 0.6 is 0 Å². The molecule has 10 heteroatoms. The van der Waals surface area contributed by atoms with Crippen molar-refractivity contribution in [3.05, 3.63) is 65.2 Å². The summed E-state index contributed by atoms with van der Waals surface area (Å²) < 4.78 is 51.8. The van der Waals surface area contributed by atoms with Crippen LogP contribution in [0.3, 0.4) is 0 Å². The van der Waals surface area contributed by atoms with E-state index in [9.17, 15) is 18.0 Å². The molecule has 2 heterocycles. The van der Waals surface area contributed by atoms with E-state index in [1.54, 1.807) is 31.2 Å². The Hall–Kier alpha value is -3.56. The van der Waals surface area contributed by atoms with Gasteiger partial charge in [-0.15, -0.1) is 0 Å². The molecular weight excluding hydrogens is 403 g/mol. The molecule has 1 amide bonds. The summed E-state index contributed by atoms with van der Waals surface area (Å²) in [5, 5.41) is 6.47. The fourth-order valence-corrected chi connectivity index (χ4v) is 2.49. The molecule has 0 unspecified atom stereocenters. The number of aryl methyl sites for hydroxylation is 2. The number of nitrogens with one attached hydrogen (secondary N) is 1. The highest BCUT2D eigenvalue weighted by molar-refractivity contribution is 6.04. The first-order chi connectivity index (χ1) is 14.2. The lowest BCUT2D eigenvalue weighted by Crippen LogP contribution is -2.19. The summed E-state index contributed by atoms with van der Waals surface area (Å²) >= 11 is 0. The van der Waals surface area contributed by atoms with Gasteiger partial charge in [0.1, 0.15) is 18.1 Å². The third-order valence-electron chi connectivity index (χ3n) is 4.04. The van der Waals surface area contributed by atoms with Crippen LogP contribution in [0.5, 0.6) is 11.6 Å². The van der Waals surface area contributed by atoms with Crippen molar-refractivity contribution in [2.24, 2.45) is 0 Å². The number of hydrogen-bond acceptors (Lipinski definition) is 6. The molecule has 7 nitrogen and oxygen atoms in total. The van der Waals surface area contributed by atoms with Crippen LogP contribution in [-0.2, 0) is 6.61 Å². The molecule has 1 aromatic carbocycles. The second-order valence-corrected chi connectivity index (χ2v) is 6.36. The second kappa shape index (κ2) is 8.85. The highest BCUT2D eigenvalue weighted by Gasteiger charge is 2.28. The first kappa shape index (κ1) is 21.2. The number of halogens is 3. The van der Waals surface area contributed by atoms with Crippen molar-refractivity contribution in [1.29, 1.82) is 0 Å². The number of rotatable bonds is 7. The van der Waals surface area contributed by atoms with Gasteiger partial charge in [-0.1, -0.05) is 11.2 Å². The van der Waals surface area contributed by atoms with E-state index in [0.717, 1.165) is 11.3 Å². The molecular formula is C20H18F3N3O4. The lowest BCUT2D eigenvalue weighted by molar-refractivity contribution is -0.154. The quantitative estimate of drug-likeness (QED) is 0.606. The highest BCUT2D eigenvalue weighted by Crippen LogP contribution is 2.21. The Morgan fingerprint density at radius 1 is 1.17 bits per heavy atom. The minimum atomic E-state index is -4.45. The standard InChI is InChI=1S/C20H18F3N3O4/c1-12-17(13(2)30-26-12)10-28-16-5-3-4-14(8-16)19(27)25-15-6-7-18(24-9-15)29-11-20(21,22)23/h3-9H,10-11H2,1-2H3,(H,25,27). The molecule has 158 valence electrons. The first-order valence-corrected chi connectivity index (χ1v) is 8.83. The molecule has 0 aliphatic rings. The Morgan fingerprint density at radius 2 is 1.97 bits per heavy atom. The Labute approximate surface area is 169 Å². The number of aromatic nitrogens is 2. The number of alkyl halides is 3. The van der Waals surface area contributed by atoms with Gasteiger partial charge in [0.05, 0.1) is 23.1 Å². The van der Waals surface area contributed by atoms with Crippen LogP contribution in [-0.4, -0.2) is 28.8 Å². The smallest absolute Gasteiger partial charge is 0.422 e. The van der Waals surface area contributed by atoms with Crippen LogP contribution in [0, 0.1) is 13.8 Å². The minimum Gasteiger partial charge on any atom is -0.489 e. The van der Waals surface area contributed by atoms with Crippen LogP contribution in [0.1, 0.15) is 27.4 Å².